The Bertz CT molecular complexity index is 942. The molecule has 1 atom stereocenters. The van der Waals surface area contributed by atoms with Gasteiger partial charge in [0.15, 0.2) is 0 Å². The second-order valence-electron chi connectivity index (χ2n) is 8.20. The maximum atomic E-state index is 12.9. The van der Waals surface area contributed by atoms with Crippen molar-refractivity contribution in [2.75, 3.05) is 18.5 Å². The summed E-state index contributed by atoms with van der Waals surface area (Å²) >= 11 is 1.29. The normalized spacial score (nSPS) is 16.4. The van der Waals surface area contributed by atoms with Gasteiger partial charge in [0.1, 0.15) is 11.6 Å². The first-order valence-electron chi connectivity index (χ1n) is 9.93. The molecular formula is C21H29N3O6S. The van der Waals surface area contributed by atoms with Gasteiger partial charge in [0.2, 0.25) is 5.91 Å². The first kappa shape index (κ1) is 24.4. The molecule has 1 aromatic rings. The van der Waals surface area contributed by atoms with Gasteiger partial charge in [-0.3, -0.25) is 4.79 Å². The van der Waals surface area contributed by atoms with Crippen LogP contribution in [0.1, 0.15) is 55.4 Å². The van der Waals surface area contributed by atoms with Crippen molar-refractivity contribution in [3.05, 3.63) is 27.3 Å². The molecular weight excluding hydrogens is 422 g/mol. The lowest BCUT2D eigenvalue weighted by molar-refractivity contribution is -0.139. The van der Waals surface area contributed by atoms with Crippen molar-refractivity contribution in [3.63, 3.8) is 0 Å². The van der Waals surface area contributed by atoms with Crippen LogP contribution in [0.5, 0.6) is 0 Å². The highest BCUT2D eigenvalue weighted by Gasteiger charge is 2.31. The lowest BCUT2D eigenvalue weighted by atomic mass is 9.96. The molecule has 0 saturated carbocycles. The number of hydrogen-bond acceptors (Lipinski definition) is 7. The van der Waals surface area contributed by atoms with Crippen molar-refractivity contribution >= 4 is 40.2 Å². The van der Waals surface area contributed by atoms with Gasteiger partial charge < -0.3 is 25.4 Å². The molecule has 2 heterocycles. The van der Waals surface area contributed by atoms with E-state index in [1.54, 1.807) is 41.5 Å². The van der Waals surface area contributed by atoms with Gasteiger partial charge in [0.05, 0.1) is 29.5 Å². The van der Waals surface area contributed by atoms with Crippen LogP contribution in [0.15, 0.2) is 11.3 Å². The Hall–Kier alpha value is -2.88. The zero-order chi connectivity index (χ0) is 23.5. The topological polar surface area (TPSA) is 123 Å². The Balaban J connectivity index is 2.28. The van der Waals surface area contributed by atoms with Crippen molar-refractivity contribution in [1.29, 1.82) is 0 Å². The van der Waals surface area contributed by atoms with Crippen molar-refractivity contribution < 1.29 is 28.7 Å². The van der Waals surface area contributed by atoms with Gasteiger partial charge in [-0.2, -0.15) is 0 Å². The molecule has 0 bridgehead atoms. The monoisotopic (exact) mass is 451 g/mol. The molecule has 1 aliphatic rings. The number of carbonyl (C=O) groups excluding carboxylic acids is 4. The maximum absolute atomic E-state index is 12.9. The summed E-state index contributed by atoms with van der Waals surface area (Å²) in [6.07, 6.45) is 0. The van der Waals surface area contributed by atoms with Crippen LogP contribution in [0.3, 0.4) is 0 Å². The van der Waals surface area contributed by atoms with E-state index in [2.05, 4.69) is 16.0 Å². The summed E-state index contributed by atoms with van der Waals surface area (Å²) in [4.78, 5) is 50.4. The van der Waals surface area contributed by atoms with Gasteiger partial charge in [-0.1, -0.05) is 20.8 Å². The number of ether oxygens (including phenoxy) is 2. The smallest absolute Gasteiger partial charge is 0.341 e. The minimum atomic E-state index is -0.665. The predicted molar refractivity (Wildman–Crippen MR) is 117 cm³/mol. The minimum absolute atomic E-state index is 0.160. The first-order chi connectivity index (χ1) is 14.4. The van der Waals surface area contributed by atoms with Crippen LogP contribution in [0.4, 0.5) is 9.80 Å². The molecule has 3 amide bonds. The molecule has 0 spiro atoms. The average molecular weight is 452 g/mol. The number of anilines is 1. The van der Waals surface area contributed by atoms with Crippen LogP contribution < -0.4 is 16.0 Å². The molecule has 0 aliphatic carbocycles. The third-order valence-corrected chi connectivity index (χ3v) is 5.83. The highest BCUT2D eigenvalue weighted by Crippen LogP contribution is 2.34. The van der Waals surface area contributed by atoms with E-state index in [4.69, 9.17) is 9.47 Å². The van der Waals surface area contributed by atoms with Crippen LogP contribution >= 0.6 is 11.3 Å². The van der Waals surface area contributed by atoms with Crippen molar-refractivity contribution in [1.82, 2.24) is 10.6 Å². The Morgan fingerprint density at radius 3 is 2.35 bits per heavy atom. The quantitative estimate of drug-likeness (QED) is 0.572. The van der Waals surface area contributed by atoms with Crippen molar-refractivity contribution in [3.8, 4) is 0 Å². The third kappa shape index (κ3) is 5.63. The largest absolute Gasteiger partial charge is 0.463 e. The molecule has 1 aromatic heterocycles. The fraction of sp³-hybridized carbons (Fsp3) is 0.524. The van der Waals surface area contributed by atoms with E-state index < -0.39 is 29.4 Å². The second kappa shape index (κ2) is 9.51. The Morgan fingerprint density at radius 1 is 1.13 bits per heavy atom. The molecule has 9 nitrogen and oxygen atoms in total. The highest BCUT2D eigenvalue weighted by molar-refractivity contribution is 7.16. The molecule has 0 saturated heterocycles. The standard InChI is InChI=1S/C21H29N3O6S/c1-8-29-18(26)15-11(3)22-20(28)23-13(15)9-30-17(25)14-10(2)12(4)31-16(14)24-19(27)21(5,6)7/h11H,8-9H2,1-7H3,(H,24,27)(H2,22,23,28). The number of nitrogens with one attached hydrogen (secondary N) is 3. The van der Waals surface area contributed by atoms with Crippen LogP contribution in [-0.4, -0.2) is 43.1 Å². The average Bonchev–Trinajstić information content (AvgIpc) is 2.92. The van der Waals surface area contributed by atoms with E-state index in [1.807, 2.05) is 6.92 Å². The SMILES string of the molecule is CCOC(=O)C1=C(COC(=O)c2c(NC(=O)C(C)(C)C)sc(C)c2C)NC(=O)NC1C. The molecule has 0 fully saturated rings. The van der Waals surface area contributed by atoms with Crippen LogP contribution in [0.25, 0.3) is 0 Å². The number of thiophene rings is 1. The van der Waals surface area contributed by atoms with E-state index in [0.29, 0.717) is 10.6 Å². The highest BCUT2D eigenvalue weighted by atomic mass is 32.1. The van der Waals surface area contributed by atoms with Crippen LogP contribution in [0.2, 0.25) is 0 Å². The molecule has 0 aromatic carbocycles. The predicted octanol–water partition coefficient (Wildman–Crippen LogP) is 3.02. The second-order valence-corrected chi connectivity index (χ2v) is 9.43. The van der Waals surface area contributed by atoms with E-state index >= 15 is 0 Å². The summed E-state index contributed by atoms with van der Waals surface area (Å²) in [7, 11) is 0. The molecule has 1 aliphatic heterocycles. The van der Waals surface area contributed by atoms with E-state index in [9.17, 15) is 19.2 Å². The number of amides is 3. The lowest BCUT2D eigenvalue weighted by Gasteiger charge is -2.26. The number of esters is 2. The summed E-state index contributed by atoms with van der Waals surface area (Å²) in [5, 5.41) is 8.30. The maximum Gasteiger partial charge on any atom is 0.341 e. The molecule has 31 heavy (non-hydrogen) atoms. The first-order valence-corrected chi connectivity index (χ1v) is 10.7. The summed E-state index contributed by atoms with van der Waals surface area (Å²) in [5.41, 5.74) is 0.664. The van der Waals surface area contributed by atoms with Gasteiger partial charge in [-0.25, -0.2) is 14.4 Å². The van der Waals surface area contributed by atoms with Crippen molar-refractivity contribution in [2.24, 2.45) is 5.41 Å². The van der Waals surface area contributed by atoms with E-state index in [0.717, 1.165) is 4.88 Å². The Labute approximate surface area is 185 Å². The third-order valence-electron chi connectivity index (χ3n) is 4.71. The zero-order valence-corrected chi connectivity index (χ0v) is 19.7. The summed E-state index contributed by atoms with van der Waals surface area (Å²) in [6, 6.07) is -1.11. The van der Waals surface area contributed by atoms with Gasteiger partial charge in [0, 0.05) is 10.3 Å². The molecule has 0 radical (unpaired) electrons. The van der Waals surface area contributed by atoms with Gasteiger partial charge in [0.25, 0.3) is 0 Å². The van der Waals surface area contributed by atoms with Crippen molar-refractivity contribution in [2.45, 2.75) is 54.5 Å². The van der Waals surface area contributed by atoms with E-state index in [-0.39, 0.29) is 36.0 Å². The molecule has 10 heteroatoms. The number of carbonyl (C=O) groups is 4. The van der Waals surface area contributed by atoms with Crippen LogP contribution in [0, 0.1) is 19.3 Å². The van der Waals surface area contributed by atoms with E-state index in [1.165, 1.54) is 11.3 Å². The van der Waals surface area contributed by atoms with Gasteiger partial charge in [-0.15, -0.1) is 11.3 Å². The summed E-state index contributed by atoms with van der Waals surface area (Å²) < 4.78 is 10.5. The Morgan fingerprint density at radius 2 is 1.77 bits per heavy atom. The number of urea groups is 1. The molecule has 170 valence electrons. The number of hydrogen-bond donors (Lipinski definition) is 3. The number of rotatable bonds is 6. The number of aryl methyl sites for hydroxylation is 1. The molecule has 2 rings (SSSR count). The van der Waals surface area contributed by atoms with Gasteiger partial charge in [-0.05, 0) is 33.3 Å². The minimum Gasteiger partial charge on any atom is -0.463 e. The Kier molecular flexibility index (Phi) is 7.48. The molecule has 1 unspecified atom stereocenters. The fourth-order valence-electron chi connectivity index (χ4n) is 2.85. The zero-order valence-electron chi connectivity index (χ0n) is 18.8. The molecule has 3 N–H and O–H groups in total. The summed E-state index contributed by atoms with van der Waals surface area (Å²) in [6.45, 7) is 12.1. The lowest BCUT2D eigenvalue weighted by Crippen LogP contribution is -2.50. The summed E-state index contributed by atoms with van der Waals surface area (Å²) in [5.74, 6) is -1.49. The van der Waals surface area contributed by atoms with Gasteiger partial charge >= 0.3 is 18.0 Å². The van der Waals surface area contributed by atoms with Crippen LogP contribution in [-0.2, 0) is 19.1 Å². The fourth-order valence-corrected chi connectivity index (χ4v) is 3.90.